The number of rotatable bonds is 5. The number of nitrogens with zero attached hydrogens (tertiary/aromatic N) is 1. The Hall–Kier alpha value is -3.29. The highest BCUT2D eigenvalue weighted by atomic mass is 16.5. The molecule has 1 heterocycles. The van der Waals surface area contributed by atoms with Gasteiger partial charge in [0.2, 0.25) is 0 Å². The lowest BCUT2D eigenvalue weighted by Gasteiger charge is -2.09. The van der Waals surface area contributed by atoms with Crippen LogP contribution in [0.1, 0.15) is 28.6 Å². The molecule has 0 aliphatic carbocycles. The van der Waals surface area contributed by atoms with Crippen molar-refractivity contribution in [2.24, 2.45) is 5.10 Å². The largest absolute Gasteiger partial charge is 0.507 e. The van der Waals surface area contributed by atoms with Crippen LogP contribution in [0.2, 0.25) is 0 Å². The van der Waals surface area contributed by atoms with Crippen molar-refractivity contribution in [2.45, 2.75) is 13.8 Å². The van der Waals surface area contributed by atoms with Crippen molar-refractivity contribution in [1.82, 2.24) is 5.43 Å². The summed E-state index contributed by atoms with van der Waals surface area (Å²) < 4.78 is 15.2. The number of nitrogens with one attached hydrogen (secondary N) is 1. The van der Waals surface area contributed by atoms with Gasteiger partial charge in [0.05, 0.1) is 19.9 Å². The third kappa shape index (κ3) is 3.97. The molecule has 1 aromatic heterocycles. The Kier molecular flexibility index (Phi) is 5.43. The Bertz CT molecular complexity index is 885. The van der Waals surface area contributed by atoms with Crippen LogP contribution in [-0.4, -0.2) is 30.9 Å². The Morgan fingerprint density at radius 2 is 1.88 bits per heavy atom. The van der Waals surface area contributed by atoms with Gasteiger partial charge in [-0.15, -0.1) is 0 Å². The number of ether oxygens (including phenoxy) is 2. The van der Waals surface area contributed by atoms with Crippen LogP contribution in [-0.2, 0) is 0 Å². The van der Waals surface area contributed by atoms with Crippen LogP contribution >= 0.6 is 0 Å². The van der Waals surface area contributed by atoms with Crippen LogP contribution in [0.4, 0.5) is 0 Å². The molecule has 2 rings (SSSR count). The van der Waals surface area contributed by atoms with Gasteiger partial charge in [-0.05, 0) is 32.0 Å². The molecule has 0 bridgehead atoms. The second-order valence-corrected chi connectivity index (χ2v) is 5.11. The summed E-state index contributed by atoms with van der Waals surface area (Å²) in [5.74, 6) is 0.369. The third-order valence-electron chi connectivity index (χ3n) is 3.39. The van der Waals surface area contributed by atoms with Gasteiger partial charge in [-0.1, -0.05) is 0 Å². The van der Waals surface area contributed by atoms with E-state index in [1.165, 1.54) is 40.2 Å². The van der Waals surface area contributed by atoms with Crippen LogP contribution < -0.4 is 20.5 Å². The van der Waals surface area contributed by atoms with E-state index in [1.54, 1.807) is 12.1 Å². The number of aryl methyl sites for hydroxylation is 1. The molecule has 0 fully saturated rings. The van der Waals surface area contributed by atoms with Gasteiger partial charge >= 0.3 is 5.63 Å². The predicted octanol–water partition coefficient (Wildman–Crippen LogP) is 1.83. The molecule has 0 atom stereocenters. The zero-order chi connectivity index (χ0) is 18.6. The van der Waals surface area contributed by atoms with E-state index in [9.17, 15) is 14.7 Å². The summed E-state index contributed by atoms with van der Waals surface area (Å²) in [5.41, 5.74) is 1.86. The fraction of sp³-hybridized carbons (Fsp3) is 0.235. The van der Waals surface area contributed by atoms with Crippen molar-refractivity contribution >= 4 is 11.6 Å². The molecule has 0 saturated carbocycles. The van der Waals surface area contributed by atoms with E-state index < -0.39 is 11.5 Å². The topological polar surface area (TPSA) is 110 Å². The number of hydrogen-bond donors (Lipinski definition) is 2. The van der Waals surface area contributed by atoms with Gasteiger partial charge in [0, 0.05) is 11.6 Å². The van der Waals surface area contributed by atoms with Crippen molar-refractivity contribution in [3.05, 3.63) is 51.6 Å². The summed E-state index contributed by atoms with van der Waals surface area (Å²) in [6, 6.07) is 5.92. The molecule has 132 valence electrons. The number of carbonyl (C=O) groups is 1. The normalized spacial score (nSPS) is 11.1. The zero-order valence-electron chi connectivity index (χ0n) is 14.2. The molecule has 8 heteroatoms. The number of methoxy groups -OCH3 is 2. The smallest absolute Gasteiger partial charge is 0.348 e. The fourth-order valence-corrected chi connectivity index (χ4v) is 2.16. The second-order valence-electron chi connectivity index (χ2n) is 5.11. The molecule has 8 nitrogen and oxygen atoms in total. The number of hydrogen-bond acceptors (Lipinski definition) is 7. The van der Waals surface area contributed by atoms with Crippen LogP contribution in [0.15, 0.2) is 38.6 Å². The standard InChI is InChI=1S/C17H18N2O6/c1-9-7-12(20)15(17(22)25-9)10(2)18-19-16(21)11-5-6-13(23-3)14(8-11)24-4/h5-8,20H,1-4H3,(H,19,21)/b18-10+. The third-order valence-corrected chi connectivity index (χ3v) is 3.39. The maximum absolute atomic E-state index is 12.2. The molecule has 0 aliphatic heterocycles. The molecule has 0 aliphatic rings. The van der Waals surface area contributed by atoms with Gasteiger partial charge in [-0.3, -0.25) is 4.79 Å². The molecular weight excluding hydrogens is 328 g/mol. The minimum Gasteiger partial charge on any atom is -0.507 e. The molecular formula is C17H18N2O6. The summed E-state index contributed by atoms with van der Waals surface area (Å²) in [6.07, 6.45) is 0. The van der Waals surface area contributed by atoms with Crippen molar-refractivity contribution < 1.29 is 23.8 Å². The van der Waals surface area contributed by atoms with Crippen LogP contribution in [0.25, 0.3) is 0 Å². The van der Waals surface area contributed by atoms with Crippen molar-refractivity contribution in [1.29, 1.82) is 0 Å². The van der Waals surface area contributed by atoms with Gasteiger partial charge in [0.1, 0.15) is 17.1 Å². The zero-order valence-corrected chi connectivity index (χ0v) is 14.2. The van der Waals surface area contributed by atoms with Crippen LogP contribution in [0, 0.1) is 6.92 Å². The maximum atomic E-state index is 12.2. The van der Waals surface area contributed by atoms with E-state index in [1.807, 2.05) is 0 Å². The lowest BCUT2D eigenvalue weighted by atomic mass is 10.2. The van der Waals surface area contributed by atoms with E-state index in [0.717, 1.165) is 0 Å². The first kappa shape index (κ1) is 18.1. The van der Waals surface area contributed by atoms with Gasteiger partial charge in [0.25, 0.3) is 5.91 Å². The van der Waals surface area contributed by atoms with Gasteiger partial charge in [0.15, 0.2) is 11.5 Å². The number of amides is 1. The van der Waals surface area contributed by atoms with Gasteiger partial charge in [-0.2, -0.15) is 5.10 Å². The summed E-state index contributed by atoms with van der Waals surface area (Å²) in [6.45, 7) is 3.01. The highest BCUT2D eigenvalue weighted by molar-refractivity contribution is 6.02. The van der Waals surface area contributed by atoms with Gasteiger partial charge in [-0.25, -0.2) is 10.2 Å². The van der Waals surface area contributed by atoms with Crippen LogP contribution in [0.3, 0.4) is 0 Å². The highest BCUT2D eigenvalue weighted by Crippen LogP contribution is 2.27. The number of carbonyl (C=O) groups excluding carboxylic acids is 1. The SMILES string of the molecule is COc1ccc(C(=O)N/N=C(\C)c2c(O)cc(C)oc2=O)cc1OC. The molecule has 2 aromatic rings. The van der Waals surface area contributed by atoms with E-state index in [2.05, 4.69) is 10.5 Å². The fourth-order valence-electron chi connectivity index (χ4n) is 2.16. The Morgan fingerprint density at radius 3 is 2.48 bits per heavy atom. The number of hydrazone groups is 1. The van der Waals surface area contributed by atoms with E-state index in [4.69, 9.17) is 13.9 Å². The molecule has 25 heavy (non-hydrogen) atoms. The van der Waals surface area contributed by atoms with Crippen molar-refractivity contribution in [3.8, 4) is 17.2 Å². The molecule has 0 spiro atoms. The average molecular weight is 346 g/mol. The van der Waals surface area contributed by atoms with E-state index in [0.29, 0.717) is 11.5 Å². The second kappa shape index (κ2) is 7.52. The minimum atomic E-state index is -0.737. The summed E-state index contributed by atoms with van der Waals surface area (Å²) in [4.78, 5) is 24.0. The quantitative estimate of drug-likeness (QED) is 0.631. The Labute approximate surface area is 143 Å². The molecule has 0 saturated heterocycles. The number of aromatic hydroxyl groups is 1. The van der Waals surface area contributed by atoms with Crippen LogP contribution in [0.5, 0.6) is 17.2 Å². The maximum Gasteiger partial charge on any atom is 0.348 e. The Morgan fingerprint density at radius 1 is 1.20 bits per heavy atom. The molecule has 0 unspecified atom stereocenters. The predicted molar refractivity (Wildman–Crippen MR) is 90.6 cm³/mol. The molecule has 1 amide bonds. The molecule has 1 aromatic carbocycles. The summed E-state index contributed by atoms with van der Waals surface area (Å²) in [5, 5.41) is 13.7. The average Bonchev–Trinajstić information content (AvgIpc) is 2.58. The Balaban J connectivity index is 2.24. The highest BCUT2D eigenvalue weighted by Gasteiger charge is 2.14. The van der Waals surface area contributed by atoms with E-state index >= 15 is 0 Å². The monoisotopic (exact) mass is 346 g/mol. The lowest BCUT2D eigenvalue weighted by Crippen LogP contribution is -2.21. The first-order valence-corrected chi connectivity index (χ1v) is 7.28. The lowest BCUT2D eigenvalue weighted by molar-refractivity contribution is 0.0954. The number of benzene rings is 1. The molecule has 0 radical (unpaired) electrons. The van der Waals surface area contributed by atoms with Crippen molar-refractivity contribution in [3.63, 3.8) is 0 Å². The summed E-state index contributed by atoms with van der Waals surface area (Å²) in [7, 11) is 2.95. The van der Waals surface area contributed by atoms with Gasteiger partial charge < -0.3 is 19.0 Å². The first-order chi connectivity index (χ1) is 11.9. The molecule has 2 N–H and O–H groups in total. The first-order valence-electron chi connectivity index (χ1n) is 7.28. The summed E-state index contributed by atoms with van der Waals surface area (Å²) >= 11 is 0. The van der Waals surface area contributed by atoms with Crippen molar-refractivity contribution in [2.75, 3.05) is 14.2 Å². The van der Waals surface area contributed by atoms with E-state index in [-0.39, 0.29) is 28.3 Å². The minimum absolute atomic E-state index is 0.111.